The molecule has 0 radical (unpaired) electrons. The lowest BCUT2D eigenvalue weighted by molar-refractivity contribution is 0.0912. The molecule has 0 aliphatic rings. The number of primary amides is 1. The van der Waals surface area contributed by atoms with E-state index in [-0.39, 0.29) is 23.7 Å². The first-order chi connectivity index (χ1) is 12.6. The van der Waals surface area contributed by atoms with Gasteiger partial charge in [0.1, 0.15) is 17.2 Å². The zero-order valence-electron chi connectivity index (χ0n) is 13.9. The largest absolute Gasteiger partial charge is 0.485 e. The third kappa shape index (κ3) is 4.27. The molecule has 3 aromatic carbocycles. The van der Waals surface area contributed by atoms with Crippen LogP contribution in [0.25, 0.3) is 0 Å². The molecule has 0 aromatic heterocycles. The Morgan fingerprint density at radius 1 is 0.769 bits per heavy atom. The van der Waals surface area contributed by atoms with Crippen LogP contribution >= 0.6 is 0 Å². The minimum absolute atomic E-state index is 0.191. The lowest BCUT2D eigenvalue weighted by Gasteiger charge is -2.09. The second-order valence-electron chi connectivity index (χ2n) is 5.51. The molecule has 0 aliphatic heterocycles. The van der Waals surface area contributed by atoms with E-state index in [4.69, 9.17) is 15.2 Å². The maximum Gasteiger partial charge on any atom is 0.252 e. The van der Waals surface area contributed by atoms with Crippen molar-refractivity contribution in [1.82, 2.24) is 0 Å². The van der Waals surface area contributed by atoms with Crippen molar-refractivity contribution < 1.29 is 19.1 Å². The number of hydrogen-bond donors (Lipinski definition) is 1. The molecule has 130 valence electrons. The molecule has 3 aromatic rings. The first-order valence-electron chi connectivity index (χ1n) is 8.01. The summed E-state index contributed by atoms with van der Waals surface area (Å²) in [4.78, 5) is 23.7. The number of benzene rings is 3. The molecule has 5 nitrogen and oxygen atoms in total. The molecule has 0 spiro atoms. The normalized spacial score (nSPS) is 10.2. The van der Waals surface area contributed by atoms with Crippen molar-refractivity contribution in [1.29, 1.82) is 0 Å². The summed E-state index contributed by atoms with van der Waals surface area (Å²) in [5.74, 6) is 0.828. The van der Waals surface area contributed by atoms with Crippen LogP contribution in [0.4, 0.5) is 0 Å². The first kappa shape index (κ1) is 17.2. The van der Waals surface area contributed by atoms with E-state index in [1.165, 1.54) is 0 Å². The Balaban J connectivity index is 1.63. The molecule has 0 aliphatic carbocycles. The Morgan fingerprint density at radius 3 is 2.08 bits per heavy atom. The number of amides is 1. The van der Waals surface area contributed by atoms with Gasteiger partial charge in [-0.25, -0.2) is 0 Å². The fourth-order valence-electron chi connectivity index (χ4n) is 2.36. The Bertz CT molecular complexity index is 905. The Kier molecular flexibility index (Phi) is 5.29. The number of Topliss-reactive ketones (excluding diaryl/α,β-unsaturated/α-hetero) is 1. The van der Waals surface area contributed by atoms with Gasteiger partial charge in [-0.15, -0.1) is 0 Å². The summed E-state index contributed by atoms with van der Waals surface area (Å²) in [6, 6.07) is 22.7. The van der Waals surface area contributed by atoms with Gasteiger partial charge in [-0.2, -0.15) is 0 Å². The minimum Gasteiger partial charge on any atom is -0.485 e. The van der Waals surface area contributed by atoms with E-state index in [0.29, 0.717) is 11.3 Å². The summed E-state index contributed by atoms with van der Waals surface area (Å²) in [5.41, 5.74) is 6.02. The number of carbonyl (C=O) groups excluding carboxylic acids is 2. The predicted molar refractivity (Wildman–Crippen MR) is 97.7 cm³/mol. The molecule has 0 unspecified atom stereocenters. The average molecular weight is 347 g/mol. The number of ether oxygens (including phenoxy) is 2. The van der Waals surface area contributed by atoms with Crippen molar-refractivity contribution >= 4 is 11.7 Å². The van der Waals surface area contributed by atoms with Crippen LogP contribution in [-0.4, -0.2) is 18.3 Å². The smallest absolute Gasteiger partial charge is 0.252 e. The van der Waals surface area contributed by atoms with E-state index in [0.717, 1.165) is 5.75 Å². The van der Waals surface area contributed by atoms with Crippen molar-refractivity contribution in [3.63, 3.8) is 0 Å². The van der Waals surface area contributed by atoms with Gasteiger partial charge in [0, 0.05) is 5.56 Å². The summed E-state index contributed by atoms with van der Waals surface area (Å²) >= 11 is 0. The van der Waals surface area contributed by atoms with Crippen molar-refractivity contribution in [3.05, 3.63) is 90.0 Å². The summed E-state index contributed by atoms with van der Waals surface area (Å²) in [5, 5.41) is 0. The Labute approximate surface area is 151 Å². The summed E-state index contributed by atoms with van der Waals surface area (Å²) in [6.07, 6.45) is 0. The number of para-hydroxylation sites is 2. The fourth-order valence-corrected chi connectivity index (χ4v) is 2.36. The van der Waals surface area contributed by atoms with E-state index < -0.39 is 5.91 Å². The zero-order chi connectivity index (χ0) is 18.4. The van der Waals surface area contributed by atoms with E-state index in [9.17, 15) is 9.59 Å². The van der Waals surface area contributed by atoms with Gasteiger partial charge >= 0.3 is 0 Å². The van der Waals surface area contributed by atoms with Crippen LogP contribution in [0.2, 0.25) is 0 Å². The van der Waals surface area contributed by atoms with Crippen LogP contribution in [0.3, 0.4) is 0 Å². The van der Waals surface area contributed by atoms with Gasteiger partial charge in [0.15, 0.2) is 12.4 Å². The first-order valence-corrected chi connectivity index (χ1v) is 8.01. The number of ketones is 1. The van der Waals surface area contributed by atoms with Gasteiger partial charge in [-0.05, 0) is 48.5 Å². The van der Waals surface area contributed by atoms with Crippen LogP contribution in [0.15, 0.2) is 78.9 Å². The maximum absolute atomic E-state index is 12.3. The van der Waals surface area contributed by atoms with Crippen molar-refractivity contribution in [2.24, 2.45) is 5.73 Å². The highest BCUT2D eigenvalue weighted by Crippen LogP contribution is 2.22. The van der Waals surface area contributed by atoms with Crippen LogP contribution in [0.1, 0.15) is 20.7 Å². The summed E-state index contributed by atoms with van der Waals surface area (Å²) < 4.78 is 11.1. The van der Waals surface area contributed by atoms with Gasteiger partial charge in [-0.1, -0.05) is 30.3 Å². The molecular formula is C21H17NO4. The van der Waals surface area contributed by atoms with Crippen LogP contribution in [0, 0.1) is 0 Å². The van der Waals surface area contributed by atoms with E-state index in [1.807, 2.05) is 30.3 Å². The van der Waals surface area contributed by atoms with E-state index in [1.54, 1.807) is 48.5 Å². The maximum atomic E-state index is 12.3. The fraction of sp³-hybridized carbons (Fsp3) is 0.0476. The predicted octanol–water partition coefficient (Wildman–Crippen LogP) is 3.84. The van der Waals surface area contributed by atoms with Gasteiger partial charge in [0.2, 0.25) is 0 Å². The standard InChI is InChI=1S/C21H17NO4/c22-21(24)18-8-4-5-9-20(18)25-14-19(23)15-10-12-17(13-11-15)26-16-6-2-1-3-7-16/h1-13H,14H2,(H2,22,24). The number of hydrogen-bond acceptors (Lipinski definition) is 4. The van der Waals surface area contributed by atoms with Crippen LogP contribution in [-0.2, 0) is 0 Å². The average Bonchev–Trinajstić information content (AvgIpc) is 2.67. The quantitative estimate of drug-likeness (QED) is 0.659. The molecule has 1 amide bonds. The van der Waals surface area contributed by atoms with Crippen molar-refractivity contribution in [2.75, 3.05) is 6.61 Å². The highest BCUT2D eigenvalue weighted by Gasteiger charge is 2.12. The van der Waals surface area contributed by atoms with Gasteiger partial charge in [-0.3, -0.25) is 9.59 Å². The van der Waals surface area contributed by atoms with Gasteiger partial charge < -0.3 is 15.2 Å². The van der Waals surface area contributed by atoms with Crippen molar-refractivity contribution in [3.8, 4) is 17.2 Å². The second kappa shape index (κ2) is 7.98. The number of rotatable bonds is 7. The monoisotopic (exact) mass is 347 g/mol. The Morgan fingerprint density at radius 2 is 1.38 bits per heavy atom. The minimum atomic E-state index is -0.601. The molecule has 2 N–H and O–H groups in total. The molecule has 0 heterocycles. The highest BCUT2D eigenvalue weighted by molar-refractivity contribution is 5.98. The molecule has 0 saturated heterocycles. The van der Waals surface area contributed by atoms with Gasteiger partial charge in [0.05, 0.1) is 5.56 Å². The second-order valence-corrected chi connectivity index (χ2v) is 5.51. The lowest BCUT2D eigenvalue weighted by atomic mass is 10.1. The van der Waals surface area contributed by atoms with Crippen molar-refractivity contribution in [2.45, 2.75) is 0 Å². The number of carbonyl (C=O) groups is 2. The molecule has 3 rings (SSSR count). The van der Waals surface area contributed by atoms with Gasteiger partial charge in [0.25, 0.3) is 5.91 Å². The topological polar surface area (TPSA) is 78.6 Å². The molecule has 26 heavy (non-hydrogen) atoms. The zero-order valence-corrected chi connectivity index (χ0v) is 13.9. The van der Waals surface area contributed by atoms with Crippen LogP contribution < -0.4 is 15.2 Å². The molecule has 0 saturated carbocycles. The Hall–Kier alpha value is -3.60. The van der Waals surface area contributed by atoms with E-state index in [2.05, 4.69) is 0 Å². The number of nitrogens with two attached hydrogens (primary N) is 1. The molecular weight excluding hydrogens is 330 g/mol. The third-order valence-corrected chi connectivity index (χ3v) is 3.67. The SMILES string of the molecule is NC(=O)c1ccccc1OCC(=O)c1ccc(Oc2ccccc2)cc1. The van der Waals surface area contributed by atoms with Crippen LogP contribution in [0.5, 0.6) is 17.2 Å². The molecule has 0 bridgehead atoms. The summed E-state index contributed by atoms with van der Waals surface area (Å²) in [6.45, 7) is -0.191. The molecule has 0 atom stereocenters. The van der Waals surface area contributed by atoms with E-state index >= 15 is 0 Å². The summed E-state index contributed by atoms with van der Waals surface area (Å²) in [7, 11) is 0. The molecule has 0 fully saturated rings. The lowest BCUT2D eigenvalue weighted by Crippen LogP contribution is -2.16. The highest BCUT2D eigenvalue weighted by atomic mass is 16.5. The molecule has 5 heteroatoms. The third-order valence-electron chi connectivity index (χ3n) is 3.67.